The molecule has 2 aliphatic carbocycles. The predicted octanol–water partition coefficient (Wildman–Crippen LogP) is 6.33. The summed E-state index contributed by atoms with van der Waals surface area (Å²) in [5.41, 5.74) is -1.07. The molecule has 0 atom stereocenters. The summed E-state index contributed by atoms with van der Waals surface area (Å²) in [6.45, 7) is 0. The molecule has 2 amide bonds. The Hall–Kier alpha value is -3.40. The van der Waals surface area contributed by atoms with E-state index in [0.29, 0.717) is 60.3 Å². The number of pyridine rings is 1. The minimum Gasteiger partial charge on any atom is -0.371 e. The maximum Gasteiger partial charge on any atom is 0.433 e. The van der Waals surface area contributed by atoms with Crippen molar-refractivity contribution in [2.45, 2.75) is 56.8 Å². The van der Waals surface area contributed by atoms with Gasteiger partial charge in [-0.3, -0.25) is 9.59 Å². The molecular weight excluding hydrogens is 536 g/mol. The Kier molecular flexibility index (Phi) is 7.17. The molecule has 5 rings (SSSR count). The van der Waals surface area contributed by atoms with E-state index in [9.17, 15) is 27.2 Å². The monoisotopic (exact) mass is 562 g/mol. The van der Waals surface area contributed by atoms with Crippen LogP contribution in [0.1, 0.15) is 44.2 Å². The second kappa shape index (κ2) is 10.3. The summed E-state index contributed by atoms with van der Waals surface area (Å²) < 4.78 is 53.8. The summed E-state index contributed by atoms with van der Waals surface area (Å²) in [6.07, 6.45) is -1.21. The number of fused-ring (bicyclic) bond motifs is 1. The first-order chi connectivity index (χ1) is 18.5. The van der Waals surface area contributed by atoms with E-state index in [1.54, 1.807) is 13.1 Å². The third-order valence-electron chi connectivity index (χ3n) is 7.72. The van der Waals surface area contributed by atoms with Crippen molar-refractivity contribution in [1.29, 1.82) is 0 Å². The molecule has 3 aromatic rings. The average molecular weight is 563 g/mol. The first kappa shape index (κ1) is 27.2. The van der Waals surface area contributed by atoms with E-state index in [1.165, 1.54) is 36.4 Å². The maximum atomic E-state index is 13.6. The van der Waals surface area contributed by atoms with Crippen LogP contribution in [0, 0.1) is 11.2 Å². The number of aromatic nitrogens is 1. The summed E-state index contributed by atoms with van der Waals surface area (Å²) in [7, 11) is 1.76. The van der Waals surface area contributed by atoms with E-state index in [1.807, 2.05) is 4.90 Å². The van der Waals surface area contributed by atoms with Crippen LogP contribution in [-0.4, -0.2) is 35.9 Å². The van der Waals surface area contributed by atoms with Gasteiger partial charge in [0.1, 0.15) is 16.9 Å². The van der Waals surface area contributed by atoms with Gasteiger partial charge in [0, 0.05) is 40.9 Å². The van der Waals surface area contributed by atoms with Crippen LogP contribution in [0.2, 0.25) is 5.02 Å². The molecule has 39 heavy (non-hydrogen) atoms. The number of nitrogens with one attached hydrogen (secondary N) is 2. The quantitative estimate of drug-likeness (QED) is 0.272. The lowest BCUT2D eigenvalue weighted by Gasteiger charge is -2.37. The van der Waals surface area contributed by atoms with E-state index in [-0.39, 0.29) is 23.5 Å². The predicted molar refractivity (Wildman–Crippen MR) is 141 cm³/mol. The highest BCUT2D eigenvalue weighted by Gasteiger charge is 2.57. The fraction of sp³-hybridized carbons (Fsp3) is 0.393. The molecular formula is C28H27ClF4N4O2. The van der Waals surface area contributed by atoms with Crippen molar-refractivity contribution < 1.29 is 27.2 Å². The highest BCUT2D eigenvalue weighted by atomic mass is 35.5. The molecule has 1 heterocycles. The fourth-order valence-electron chi connectivity index (χ4n) is 5.21. The number of nitrogens with zero attached hydrogens (tertiary/aromatic N) is 2. The van der Waals surface area contributed by atoms with Gasteiger partial charge in [-0.15, -0.1) is 0 Å². The number of benzene rings is 2. The standard InChI is InChI=1S/C28H27ClF4N4O2/c1-37(23-15-24(28(31,32)33)36-22-11-2-16(29)14-21(22)23)20-9-7-19(8-10-20)35-26(39)27(12-13-27)25(38)34-18-5-3-17(30)4-6-18/h2-6,11,14-15,19-20H,7-10,12-13H2,1H3,(H,34,38)(H,35,39). The second-order valence-corrected chi connectivity index (χ2v) is 10.8. The molecule has 1 aromatic heterocycles. The summed E-state index contributed by atoms with van der Waals surface area (Å²) in [5, 5.41) is 6.65. The Morgan fingerprint density at radius 2 is 1.67 bits per heavy atom. The number of anilines is 2. The third-order valence-corrected chi connectivity index (χ3v) is 7.96. The molecule has 0 bridgehead atoms. The second-order valence-electron chi connectivity index (χ2n) is 10.3. The lowest BCUT2D eigenvalue weighted by molar-refractivity contribution is -0.141. The molecule has 11 heteroatoms. The summed E-state index contributed by atoms with van der Waals surface area (Å²) in [4.78, 5) is 31.5. The van der Waals surface area contributed by atoms with Gasteiger partial charge in [0.05, 0.1) is 5.52 Å². The van der Waals surface area contributed by atoms with E-state index in [4.69, 9.17) is 11.6 Å². The van der Waals surface area contributed by atoms with Crippen molar-refractivity contribution in [3.8, 4) is 0 Å². The molecule has 0 unspecified atom stereocenters. The van der Waals surface area contributed by atoms with Crippen molar-refractivity contribution in [1.82, 2.24) is 10.3 Å². The first-order valence-corrected chi connectivity index (χ1v) is 13.1. The van der Waals surface area contributed by atoms with Crippen molar-refractivity contribution in [3.63, 3.8) is 0 Å². The zero-order valence-corrected chi connectivity index (χ0v) is 21.9. The smallest absolute Gasteiger partial charge is 0.371 e. The lowest BCUT2D eigenvalue weighted by atomic mass is 9.89. The minimum absolute atomic E-state index is 0.0551. The zero-order valence-electron chi connectivity index (χ0n) is 21.1. The Bertz CT molecular complexity index is 1400. The molecule has 2 fully saturated rings. The van der Waals surface area contributed by atoms with Gasteiger partial charge in [0.25, 0.3) is 0 Å². The normalized spacial score (nSPS) is 20.4. The molecule has 2 N–H and O–H groups in total. The molecule has 0 radical (unpaired) electrons. The van der Waals surface area contributed by atoms with Crippen LogP contribution < -0.4 is 15.5 Å². The van der Waals surface area contributed by atoms with Crippen LogP contribution in [0.4, 0.5) is 28.9 Å². The summed E-state index contributed by atoms with van der Waals surface area (Å²) in [6, 6.07) is 10.8. The average Bonchev–Trinajstić information content (AvgIpc) is 3.71. The number of carbonyl (C=O) groups excluding carboxylic acids is 2. The fourth-order valence-corrected chi connectivity index (χ4v) is 5.38. The molecule has 0 saturated heterocycles. The van der Waals surface area contributed by atoms with Crippen molar-refractivity contribution >= 4 is 45.7 Å². The minimum atomic E-state index is -4.59. The Morgan fingerprint density at radius 1 is 1.00 bits per heavy atom. The Morgan fingerprint density at radius 3 is 2.28 bits per heavy atom. The third kappa shape index (κ3) is 5.66. The van der Waals surface area contributed by atoms with Gasteiger partial charge in [-0.1, -0.05) is 11.6 Å². The largest absolute Gasteiger partial charge is 0.433 e. The van der Waals surface area contributed by atoms with Crippen LogP contribution in [0.3, 0.4) is 0 Å². The van der Waals surface area contributed by atoms with Crippen LogP contribution in [-0.2, 0) is 15.8 Å². The lowest BCUT2D eigenvalue weighted by Crippen LogP contribution is -2.47. The molecule has 2 aliphatic rings. The number of halogens is 5. The zero-order chi connectivity index (χ0) is 27.9. The highest BCUT2D eigenvalue weighted by Crippen LogP contribution is 2.47. The van der Waals surface area contributed by atoms with E-state index in [2.05, 4.69) is 15.6 Å². The van der Waals surface area contributed by atoms with Crippen molar-refractivity contribution in [3.05, 3.63) is 65.1 Å². The van der Waals surface area contributed by atoms with Crippen LogP contribution in [0.5, 0.6) is 0 Å². The SMILES string of the molecule is CN(c1cc(C(F)(F)F)nc2ccc(Cl)cc12)C1CCC(NC(=O)C2(C(=O)Nc3ccc(F)cc3)CC2)CC1. The molecule has 2 saturated carbocycles. The van der Waals surface area contributed by atoms with Crippen LogP contribution in [0.15, 0.2) is 48.5 Å². The Balaban J connectivity index is 1.23. The van der Waals surface area contributed by atoms with Crippen molar-refractivity contribution in [2.75, 3.05) is 17.3 Å². The number of hydrogen-bond acceptors (Lipinski definition) is 4. The molecule has 0 aliphatic heterocycles. The van der Waals surface area contributed by atoms with Gasteiger partial charge in [-0.2, -0.15) is 13.2 Å². The van der Waals surface area contributed by atoms with Crippen LogP contribution in [0.25, 0.3) is 10.9 Å². The first-order valence-electron chi connectivity index (χ1n) is 12.7. The number of alkyl halides is 3. The molecule has 206 valence electrons. The van der Waals surface area contributed by atoms with Crippen LogP contribution >= 0.6 is 11.6 Å². The van der Waals surface area contributed by atoms with E-state index >= 15 is 0 Å². The van der Waals surface area contributed by atoms with Gasteiger partial charge in [-0.25, -0.2) is 9.37 Å². The Labute approximate surface area is 227 Å². The maximum absolute atomic E-state index is 13.6. The van der Waals surface area contributed by atoms with Gasteiger partial charge in [0.15, 0.2) is 0 Å². The summed E-state index contributed by atoms with van der Waals surface area (Å²) in [5.74, 6) is -1.16. The summed E-state index contributed by atoms with van der Waals surface area (Å²) >= 11 is 6.14. The molecule has 2 aromatic carbocycles. The van der Waals surface area contributed by atoms with E-state index in [0.717, 1.165) is 6.07 Å². The number of amides is 2. The highest BCUT2D eigenvalue weighted by molar-refractivity contribution is 6.31. The van der Waals surface area contributed by atoms with Gasteiger partial charge in [0.2, 0.25) is 11.8 Å². The number of hydrogen-bond donors (Lipinski definition) is 2. The van der Waals surface area contributed by atoms with Gasteiger partial charge >= 0.3 is 6.18 Å². The molecule has 0 spiro atoms. The van der Waals surface area contributed by atoms with Gasteiger partial charge < -0.3 is 15.5 Å². The van der Waals surface area contributed by atoms with E-state index < -0.39 is 29.0 Å². The number of carbonyl (C=O) groups is 2. The van der Waals surface area contributed by atoms with Crippen molar-refractivity contribution in [2.24, 2.45) is 5.41 Å². The van der Waals surface area contributed by atoms with Gasteiger partial charge in [-0.05, 0) is 87.1 Å². The number of rotatable bonds is 6. The molecule has 6 nitrogen and oxygen atoms in total. The topological polar surface area (TPSA) is 74.3 Å².